The predicted molar refractivity (Wildman–Crippen MR) is 79.1 cm³/mol. The molecular weight excluding hydrogens is 286 g/mol. The second-order valence-electron chi connectivity index (χ2n) is 4.69. The number of carbonyl (C=O) groups is 2. The highest BCUT2D eigenvalue weighted by Gasteiger charge is 2.15. The predicted octanol–water partition coefficient (Wildman–Crippen LogP) is 0.509. The summed E-state index contributed by atoms with van der Waals surface area (Å²) in [6, 6.07) is 7.19. The van der Waals surface area contributed by atoms with Crippen molar-refractivity contribution in [2.75, 3.05) is 11.1 Å². The van der Waals surface area contributed by atoms with Gasteiger partial charge in [0.2, 0.25) is 5.91 Å². The van der Waals surface area contributed by atoms with E-state index in [1.165, 1.54) is 22.5 Å². The number of nitrogens with two attached hydrogens (primary N) is 1. The van der Waals surface area contributed by atoms with Gasteiger partial charge in [0.15, 0.2) is 11.6 Å². The molecule has 0 saturated heterocycles. The normalized spacial score (nSPS) is 10.8. The van der Waals surface area contributed by atoms with E-state index in [1.807, 2.05) is 6.07 Å². The van der Waals surface area contributed by atoms with Gasteiger partial charge in [0.05, 0.1) is 11.7 Å². The van der Waals surface area contributed by atoms with Crippen LogP contribution in [0.25, 0.3) is 10.9 Å². The highest BCUT2D eigenvalue weighted by molar-refractivity contribution is 5.96. The number of hydrogen-bond donors (Lipinski definition) is 2. The summed E-state index contributed by atoms with van der Waals surface area (Å²) in [5.41, 5.74) is 6.43. The first-order valence-corrected chi connectivity index (χ1v) is 6.49. The fourth-order valence-electron chi connectivity index (χ4n) is 2.10. The summed E-state index contributed by atoms with van der Waals surface area (Å²) in [4.78, 5) is 23.3. The summed E-state index contributed by atoms with van der Waals surface area (Å²) in [7, 11) is 0. The van der Waals surface area contributed by atoms with Gasteiger partial charge in [-0.2, -0.15) is 4.68 Å². The van der Waals surface area contributed by atoms with E-state index in [0.29, 0.717) is 16.7 Å². The van der Waals surface area contributed by atoms with Gasteiger partial charge in [-0.05, 0) is 12.1 Å². The lowest BCUT2D eigenvalue weighted by molar-refractivity contribution is -0.114. The Bertz CT molecular complexity index is 864. The molecule has 0 aliphatic carbocycles. The van der Waals surface area contributed by atoms with E-state index in [9.17, 15) is 9.59 Å². The van der Waals surface area contributed by atoms with E-state index in [4.69, 9.17) is 5.73 Å². The second kappa shape index (κ2) is 5.28. The highest BCUT2D eigenvalue weighted by atomic mass is 16.2. The van der Waals surface area contributed by atoms with Crippen LogP contribution in [0, 0.1) is 0 Å². The molecule has 0 aliphatic rings. The molecule has 0 unspecified atom stereocenters. The first kappa shape index (κ1) is 13.7. The Kier molecular flexibility index (Phi) is 3.30. The lowest BCUT2D eigenvalue weighted by Crippen LogP contribution is -2.19. The summed E-state index contributed by atoms with van der Waals surface area (Å²) in [6.07, 6.45) is 1.47. The third kappa shape index (κ3) is 2.51. The van der Waals surface area contributed by atoms with Crippen LogP contribution in [0.5, 0.6) is 0 Å². The van der Waals surface area contributed by atoms with E-state index in [-0.39, 0.29) is 24.2 Å². The summed E-state index contributed by atoms with van der Waals surface area (Å²) in [6.45, 7) is 1.29. The minimum Gasteiger partial charge on any atom is -0.382 e. The molecule has 1 aromatic carbocycles. The van der Waals surface area contributed by atoms with Crippen LogP contribution in [0.4, 0.5) is 11.6 Å². The van der Waals surface area contributed by atoms with Crippen LogP contribution >= 0.6 is 0 Å². The number of hydrogen-bond acceptors (Lipinski definition) is 6. The number of amides is 1. The third-order valence-corrected chi connectivity index (χ3v) is 2.99. The number of fused-ring (bicyclic) bond motifs is 1. The second-order valence-corrected chi connectivity index (χ2v) is 4.69. The van der Waals surface area contributed by atoms with Gasteiger partial charge in [0, 0.05) is 12.3 Å². The van der Waals surface area contributed by atoms with Crippen LogP contribution in [-0.2, 0) is 11.3 Å². The molecule has 0 saturated carbocycles. The Hall–Kier alpha value is -3.23. The summed E-state index contributed by atoms with van der Waals surface area (Å²) < 4.78 is 2.56. The molecule has 0 spiro atoms. The maximum absolute atomic E-state index is 12.3. The van der Waals surface area contributed by atoms with Gasteiger partial charge < -0.3 is 11.1 Å². The molecule has 1 amide bonds. The van der Waals surface area contributed by atoms with Gasteiger partial charge in [0.1, 0.15) is 6.54 Å². The molecule has 0 bridgehead atoms. The first-order valence-electron chi connectivity index (χ1n) is 6.49. The van der Waals surface area contributed by atoms with E-state index in [2.05, 4.69) is 20.7 Å². The summed E-state index contributed by atoms with van der Waals surface area (Å²) in [5, 5.41) is 14.8. The van der Waals surface area contributed by atoms with Gasteiger partial charge in [-0.1, -0.05) is 17.3 Å². The smallest absolute Gasteiger partial charge is 0.269 e. The van der Waals surface area contributed by atoms with Crippen molar-refractivity contribution >= 4 is 34.4 Å². The molecule has 9 nitrogen and oxygen atoms in total. The molecular formula is C13H13N7O2. The van der Waals surface area contributed by atoms with Crippen LogP contribution in [-0.4, -0.2) is 36.6 Å². The number of nitrogens with zero attached hydrogens (tertiary/aromatic N) is 5. The Morgan fingerprint density at radius 3 is 2.86 bits per heavy atom. The van der Waals surface area contributed by atoms with Crippen molar-refractivity contribution in [2.45, 2.75) is 13.5 Å². The van der Waals surface area contributed by atoms with Gasteiger partial charge >= 0.3 is 0 Å². The van der Waals surface area contributed by atoms with Crippen LogP contribution in [0.1, 0.15) is 11.7 Å². The van der Waals surface area contributed by atoms with Gasteiger partial charge in [-0.25, -0.2) is 4.68 Å². The van der Waals surface area contributed by atoms with Gasteiger partial charge in [-0.3, -0.25) is 9.59 Å². The van der Waals surface area contributed by atoms with Gasteiger partial charge in [-0.15, -0.1) is 10.2 Å². The Labute approximate surface area is 124 Å². The molecule has 0 atom stereocenters. The van der Waals surface area contributed by atoms with E-state index >= 15 is 0 Å². The Morgan fingerprint density at radius 1 is 1.32 bits per heavy atom. The van der Waals surface area contributed by atoms with Crippen molar-refractivity contribution in [3.63, 3.8) is 0 Å². The number of rotatable bonds is 3. The molecule has 3 N–H and O–H groups in total. The number of nitrogen functional groups attached to an aromatic ring is 1. The fraction of sp³-hybridized carbons (Fsp3) is 0.154. The van der Waals surface area contributed by atoms with Crippen molar-refractivity contribution in [3.05, 3.63) is 30.5 Å². The molecule has 0 aliphatic heterocycles. The largest absolute Gasteiger partial charge is 0.382 e. The zero-order valence-electron chi connectivity index (χ0n) is 11.7. The van der Waals surface area contributed by atoms with Crippen molar-refractivity contribution in [1.82, 2.24) is 24.8 Å². The molecule has 3 aromatic rings. The summed E-state index contributed by atoms with van der Waals surface area (Å²) >= 11 is 0. The number of aromatic nitrogens is 5. The van der Waals surface area contributed by atoms with E-state index in [0.717, 1.165) is 0 Å². The number of anilines is 2. The molecule has 112 valence electrons. The lowest BCUT2D eigenvalue weighted by atomic mass is 10.2. The van der Waals surface area contributed by atoms with Crippen molar-refractivity contribution in [1.29, 1.82) is 0 Å². The van der Waals surface area contributed by atoms with E-state index < -0.39 is 0 Å². The zero-order valence-corrected chi connectivity index (χ0v) is 11.7. The Morgan fingerprint density at radius 2 is 2.09 bits per heavy atom. The first-order chi connectivity index (χ1) is 10.5. The maximum Gasteiger partial charge on any atom is 0.269 e. The quantitative estimate of drug-likeness (QED) is 0.726. The highest BCUT2D eigenvalue weighted by Crippen LogP contribution is 2.19. The van der Waals surface area contributed by atoms with Crippen molar-refractivity contribution in [3.8, 4) is 0 Å². The number of para-hydroxylation sites is 1. The number of nitrogens with one attached hydrogen (secondary N) is 1. The zero-order chi connectivity index (χ0) is 15.7. The van der Waals surface area contributed by atoms with Crippen LogP contribution < -0.4 is 11.1 Å². The fourth-order valence-corrected chi connectivity index (χ4v) is 2.10. The number of benzene rings is 1. The molecule has 3 rings (SSSR count). The number of carbonyl (C=O) groups excluding carboxylic acids is 2. The monoisotopic (exact) mass is 299 g/mol. The average molecular weight is 299 g/mol. The minimum atomic E-state index is -0.313. The average Bonchev–Trinajstić information content (AvgIpc) is 3.04. The topological polar surface area (TPSA) is 121 Å². The molecule has 0 radical (unpaired) electrons. The third-order valence-electron chi connectivity index (χ3n) is 2.99. The minimum absolute atomic E-state index is 0.0717. The van der Waals surface area contributed by atoms with Crippen LogP contribution in [0.3, 0.4) is 0 Å². The molecule has 2 aromatic heterocycles. The lowest BCUT2D eigenvalue weighted by Gasteiger charge is -2.01. The molecule has 9 heteroatoms. The Balaban J connectivity index is 1.84. The SMILES string of the molecule is CC(=O)Nc1cn(CC(=O)n2nc(N)c3ccccc32)nn1. The van der Waals surface area contributed by atoms with Crippen LogP contribution in [0.15, 0.2) is 30.5 Å². The van der Waals surface area contributed by atoms with Crippen LogP contribution in [0.2, 0.25) is 0 Å². The molecule has 0 fully saturated rings. The van der Waals surface area contributed by atoms with Crippen molar-refractivity contribution in [2.24, 2.45) is 0 Å². The maximum atomic E-state index is 12.3. The molecule has 22 heavy (non-hydrogen) atoms. The van der Waals surface area contributed by atoms with Crippen molar-refractivity contribution < 1.29 is 9.59 Å². The standard InChI is InChI=1S/C13H13N7O2/c1-8(21)15-11-6-19(18-16-11)7-12(22)20-10-5-3-2-4-9(10)13(14)17-20/h2-6H,7H2,1H3,(H2,14,17)(H,15,21). The van der Waals surface area contributed by atoms with E-state index in [1.54, 1.807) is 18.2 Å². The summed E-state index contributed by atoms with van der Waals surface area (Å²) in [5.74, 6) is 0.00279. The molecule has 2 heterocycles. The van der Waals surface area contributed by atoms with Gasteiger partial charge in [0.25, 0.3) is 5.91 Å².